The zero-order valence-electron chi connectivity index (χ0n) is 36.6. The van der Waals surface area contributed by atoms with E-state index in [1.807, 2.05) is 48.2 Å². The molecule has 64 heavy (non-hydrogen) atoms. The predicted molar refractivity (Wildman–Crippen MR) is 242 cm³/mol. The number of hydrogen-bond donors (Lipinski definition) is 4. The molecule has 9 atom stereocenters. The number of hydrogen-bond acceptors (Lipinski definition) is 10. The Hall–Kier alpha value is -4.67. The largest absolute Gasteiger partial charge is 0.453 e. The van der Waals surface area contributed by atoms with Crippen molar-refractivity contribution in [2.24, 2.45) is 17.8 Å². The number of halogens is 2. The lowest BCUT2D eigenvalue weighted by Crippen LogP contribution is -2.55. The van der Waals surface area contributed by atoms with Gasteiger partial charge in [0.25, 0.3) is 0 Å². The van der Waals surface area contributed by atoms with Gasteiger partial charge in [-0.2, -0.15) is 0 Å². The van der Waals surface area contributed by atoms with E-state index in [1.54, 1.807) is 0 Å². The summed E-state index contributed by atoms with van der Waals surface area (Å²) in [6.45, 7) is 5.13. The van der Waals surface area contributed by atoms with Gasteiger partial charge in [0.2, 0.25) is 5.91 Å². The number of nitrogens with one attached hydrogen (secondary N) is 4. The number of carbonyl (C=O) groups excluding carboxylic acids is 3. The van der Waals surface area contributed by atoms with Crippen LogP contribution in [0.25, 0.3) is 33.6 Å². The number of aromatic nitrogens is 4. The summed E-state index contributed by atoms with van der Waals surface area (Å²) in [6, 6.07) is 15.5. The number of amides is 3. The smallest absolute Gasteiger partial charge is 0.407 e. The van der Waals surface area contributed by atoms with Crippen LogP contribution in [0.4, 0.5) is 9.59 Å². The number of nitrogens with zero attached hydrogens (tertiary/aromatic N) is 4. The lowest BCUT2D eigenvalue weighted by Gasteiger charge is -2.41. The number of H-pyrrole nitrogens is 2. The number of likely N-dealkylation sites (tertiary alicyclic amines) is 2. The van der Waals surface area contributed by atoms with Crippen molar-refractivity contribution < 1.29 is 33.3 Å². The second-order valence-corrected chi connectivity index (χ2v) is 18.8. The van der Waals surface area contributed by atoms with Gasteiger partial charge in [0.05, 0.1) is 39.5 Å². The Morgan fingerprint density at radius 2 is 1.28 bits per heavy atom. The van der Waals surface area contributed by atoms with Crippen molar-refractivity contribution in [3.63, 3.8) is 0 Å². The molecule has 6 heterocycles. The number of ether oxygens (including phenoxy) is 4. The van der Waals surface area contributed by atoms with Crippen LogP contribution in [0, 0.1) is 17.8 Å². The number of benzene rings is 2. The summed E-state index contributed by atoms with van der Waals surface area (Å²) >= 11 is 13.7. The van der Waals surface area contributed by atoms with Gasteiger partial charge in [-0.05, 0) is 81.8 Å². The third-order valence-electron chi connectivity index (χ3n) is 14.3. The third kappa shape index (κ3) is 9.11. The number of aromatic amines is 2. The van der Waals surface area contributed by atoms with E-state index in [4.69, 9.17) is 52.1 Å². The van der Waals surface area contributed by atoms with Gasteiger partial charge in [-0.25, -0.2) is 19.6 Å². The Bertz CT molecular complexity index is 2280. The normalized spacial score (nSPS) is 26.7. The second kappa shape index (κ2) is 19.4. The molecule has 9 unspecified atom stereocenters. The van der Waals surface area contributed by atoms with Crippen molar-refractivity contribution in [2.75, 3.05) is 47.2 Å². The van der Waals surface area contributed by atoms with Crippen LogP contribution in [0.3, 0.4) is 0 Å². The molecule has 4 saturated heterocycles. The van der Waals surface area contributed by atoms with Crippen molar-refractivity contribution in [3.05, 3.63) is 70.5 Å². The Balaban J connectivity index is 0.886. The van der Waals surface area contributed by atoms with E-state index in [9.17, 15) is 14.4 Å². The number of imidazole rings is 2. The van der Waals surface area contributed by atoms with Crippen molar-refractivity contribution in [1.82, 2.24) is 40.4 Å². The average Bonchev–Trinajstić information content (AvgIpc) is 4.07. The predicted octanol–water partition coefficient (Wildman–Crippen LogP) is 8.32. The first-order valence-corrected chi connectivity index (χ1v) is 23.5. The number of carbonyl (C=O) groups is 3. The third-order valence-corrected chi connectivity index (χ3v) is 14.9. The summed E-state index contributed by atoms with van der Waals surface area (Å²) in [6.07, 6.45) is 7.30. The molecule has 0 spiro atoms. The molecule has 2 aromatic carbocycles. The van der Waals surface area contributed by atoms with Crippen LogP contribution < -0.4 is 10.6 Å². The maximum atomic E-state index is 14.2. The molecule has 4 aliphatic heterocycles. The van der Waals surface area contributed by atoms with E-state index < -0.39 is 18.2 Å². The molecule has 4 aromatic rings. The van der Waals surface area contributed by atoms with E-state index in [2.05, 4.69) is 37.6 Å². The summed E-state index contributed by atoms with van der Waals surface area (Å²) in [7, 11) is 2.70. The minimum Gasteiger partial charge on any atom is -0.453 e. The van der Waals surface area contributed by atoms with Crippen LogP contribution in [0.15, 0.2) is 48.5 Å². The second-order valence-electron chi connectivity index (χ2n) is 18.1. The molecule has 0 bridgehead atoms. The number of alkyl carbamates (subject to hydrolysis) is 2. The monoisotopic (exact) mass is 916 g/mol. The van der Waals surface area contributed by atoms with Crippen molar-refractivity contribution in [1.29, 1.82) is 0 Å². The molecular formula is C47H58Cl2N8O7. The lowest BCUT2D eigenvalue weighted by molar-refractivity contribution is -0.139. The van der Waals surface area contributed by atoms with Gasteiger partial charge in [-0.3, -0.25) is 9.69 Å². The van der Waals surface area contributed by atoms with Crippen LogP contribution in [0.5, 0.6) is 0 Å². The van der Waals surface area contributed by atoms with E-state index >= 15 is 0 Å². The highest BCUT2D eigenvalue weighted by Gasteiger charge is 2.49. The minimum atomic E-state index is -0.779. The molecule has 0 radical (unpaired) electrons. The Labute approximate surface area is 383 Å². The van der Waals surface area contributed by atoms with Gasteiger partial charge in [-0.1, -0.05) is 71.7 Å². The quantitative estimate of drug-likeness (QED) is 0.108. The van der Waals surface area contributed by atoms with Gasteiger partial charge >= 0.3 is 12.2 Å². The molecule has 5 aliphatic rings. The number of fused-ring (bicyclic) bond motifs is 1. The molecular weight excluding hydrogens is 859 g/mol. The first kappa shape index (κ1) is 44.5. The highest BCUT2D eigenvalue weighted by atomic mass is 35.5. The summed E-state index contributed by atoms with van der Waals surface area (Å²) in [5, 5.41) is 6.82. The summed E-state index contributed by atoms with van der Waals surface area (Å²) in [5.74, 6) is 1.92. The molecule has 2 aromatic heterocycles. The molecule has 1 saturated carbocycles. The molecule has 3 amide bonds. The minimum absolute atomic E-state index is 0.0553. The summed E-state index contributed by atoms with van der Waals surface area (Å²) < 4.78 is 21.4. The van der Waals surface area contributed by atoms with Gasteiger partial charge in [0, 0.05) is 60.8 Å². The topological polar surface area (TPSA) is 176 Å². The fourth-order valence-corrected chi connectivity index (χ4v) is 11.2. The summed E-state index contributed by atoms with van der Waals surface area (Å²) in [5.41, 5.74) is 5.11. The van der Waals surface area contributed by atoms with Gasteiger partial charge < -0.3 is 44.4 Å². The molecule has 5 fully saturated rings. The standard InChI is InChI=1S/C47H58Cl2N8O7/c1-26-8-18-36(57(26)45(58)40(53-47(60)62-3)33-7-5-21-64-25-33)43-51-38(41(48)54-43)29-13-9-27(10-14-29)28-11-15-30(16-12-28)39-42(49)55-44(52-39)37-22-31-17-19-35(31)56(37)23-34(50-46(59)61-2)32-6-4-20-63-24-32/h9-16,26,31-37,40H,4-8,17-25H2,1-3H3,(H,50,59)(H,51,54)(H,52,55)(H,53,60). The number of methoxy groups -OCH3 is 2. The van der Waals surface area contributed by atoms with E-state index in [0.717, 1.165) is 79.6 Å². The van der Waals surface area contributed by atoms with E-state index in [1.165, 1.54) is 20.6 Å². The maximum Gasteiger partial charge on any atom is 0.407 e. The summed E-state index contributed by atoms with van der Waals surface area (Å²) in [4.78, 5) is 60.2. The van der Waals surface area contributed by atoms with Crippen LogP contribution in [0.1, 0.15) is 88.4 Å². The van der Waals surface area contributed by atoms with Gasteiger partial charge in [0.1, 0.15) is 39.4 Å². The highest BCUT2D eigenvalue weighted by Crippen LogP contribution is 2.50. The maximum absolute atomic E-state index is 14.2. The fourth-order valence-electron chi connectivity index (χ4n) is 10.7. The molecule has 4 N–H and O–H groups in total. The fraction of sp³-hybridized carbons (Fsp3) is 0.553. The first-order chi connectivity index (χ1) is 31.1. The molecule has 15 nitrogen and oxygen atoms in total. The SMILES string of the molecule is COC(=O)NC(CN1C(c2nc(-c3ccc(-c4ccc(-c5nc(C6CCC(C)N6C(=O)C(NC(=O)OC)C6CCCOC6)[nH]c5Cl)cc4)cc3)c(Cl)[nH]2)CC2CCC21)C1CCCOC1. The molecule has 9 rings (SSSR count). The first-order valence-electron chi connectivity index (χ1n) is 22.7. The van der Waals surface area contributed by atoms with Crippen molar-refractivity contribution in [3.8, 4) is 33.6 Å². The number of rotatable bonds is 12. The van der Waals surface area contributed by atoms with Crippen molar-refractivity contribution >= 4 is 41.3 Å². The lowest BCUT2D eigenvalue weighted by atomic mass is 9.80. The van der Waals surface area contributed by atoms with Gasteiger partial charge in [0.15, 0.2) is 0 Å². The van der Waals surface area contributed by atoms with Crippen molar-refractivity contribution in [2.45, 2.75) is 101 Å². The van der Waals surface area contributed by atoms with Gasteiger partial charge in [-0.15, -0.1) is 0 Å². The zero-order valence-corrected chi connectivity index (χ0v) is 38.1. The molecule has 17 heteroatoms. The van der Waals surface area contributed by atoms with Crippen LogP contribution >= 0.6 is 23.2 Å². The van der Waals surface area contributed by atoms with E-state index in [0.29, 0.717) is 72.3 Å². The highest BCUT2D eigenvalue weighted by molar-refractivity contribution is 6.32. The average molecular weight is 918 g/mol. The Kier molecular flexibility index (Phi) is 13.5. The molecule has 342 valence electrons. The van der Waals surface area contributed by atoms with E-state index in [-0.39, 0.29) is 41.9 Å². The molecule has 1 aliphatic carbocycles. The Morgan fingerprint density at radius 3 is 1.81 bits per heavy atom. The Morgan fingerprint density at radius 1 is 0.734 bits per heavy atom. The van der Waals surface area contributed by atoms with Crippen LogP contribution in [-0.2, 0) is 23.7 Å². The zero-order chi connectivity index (χ0) is 44.5. The van der Waals surface area contributed by atoms with Crippen LogP contribution in [-0.4, -0.2) is 119 Å². The van der Waals surface area contributed by atoms with Crippen LogP contribution in [0.2, 0.25) is 10.3 Å².